The lowest BCUT2D eigenvalue weighted by Gasteiger charge is -2.30. The maximum Gasteiger partial charge on any atom is 0.305 e. The van der Waals surface area contributed by atoms with Crippen molar-refractivity contribution >= 4 is 103 Å². The number of nitrogens with one attached hydrogen (secondary N) is 8. The molecule has 4 rings (SSSR count). The molecule has 0 radical (unpaired) electrons. The Morgan fingerprint density at radius 3 is 2.11 bits per heavy atom. The van der Waals surface area contributed by atoms with Crippen molar-refractivity contribution in [2.24, 2.45) is 29.6 Å². The lowest BCUT2D eigenvalue weighted by molar-refractivity contribution is -0.142. The van der Waals surface area contributed by atoms with Gasteiger partial charge in [0.2, 0.25) is 47.3 Å². The smallest absolute Gasteiger partial charge is 0.305 e. The molecule has 3 aliphatic rings. The number of hydrogen-bond donors (Lipinski definition) is 11. The number of aromatic nitrogens is 2. The molecule has 422 valence electrons. The Balaban J connectivity index is 1.72. The van der Waals surface area contributed by atoms with E-state index in [0.29, 0.717) is 22.1 Å². The van der Waals surface area contributed by atoms with E-state index < -0.39 is 132 Å². The Hall–Kier alpha value is -5.22. The molecule has 2 aliphatic heterocycles. The van der Waals surface area contributed by atoms with Crippen molar-refractivity contribution in [3.8, 4) is 0 Å². The summed E-state index contributed by atoms with van der Waals surface area (Å²) in [7, 11) is 2.28. The number of H-pyrrole nitrogens is 1. The number of aromatic amines is 1. The van der Waals surface area contributed by atoms with Crippen molar-refractivity contribution < 1.29 is 63.3 Å². The van der Waals surface area contributed by atoms with Crippen LogP contribution in [0.3, 0.4) is 0 Å². The monoisotopic (exact) mass is 1210 g/mol. The first-order valence-corrected chi connectivity index (χ1v) is 29.2. The molecular formula is C50H75IN10O13S2. The van der Waals surface area contributed by atoms with E-state index in [1.165, 1.54) is 35.1 Å². The minimum Gasteiger partial charge on any atom is -0.507 e. The van der Waals surface area contributed by atoms with Crippen molar-refractivity contribution in [2.45, 2.75) is 161 Å². The van der Waals surface area contributed by atoms with Gasteiger partial charge in [-0.15, -0.1) is 0 Å². The van der Waals surface area contributed by atoms with Crippen LogP contribution in [0.25, 0.3) is 0 Å². The average molecular weight is 1220 g/mol. The van der Waals surface area contributed by atoms with E-state index in [1.807, 2.05) is 43.4 Å². The van der Waals surface area contributed by atoms with Gasteiger partial charge < -0.3 is 62.4 Å². The van der Waals surface area contributed by atoms with Crippen LogP contribution in [0.15, 0.2) is 34.0 Å². The number of Topliss-reactive ketones (excluding diaryl/α,β-unsaturated/α-hetero) is 1. The van der Waals surface area contributed by atoms with E-state index in [2.05, 4.69) is 47.2 Å². The highest BCUT2D eigenvalue weighted by atomic mass is 127. The van der Waals surface area contributed by atoms with Crippen molar-refractivity contribution in [3.05, 3.63) is 39.7 Å². The molecule has 1 aromatic heterocycles. The molecule has 12 atom stereocenters. The molecule has 26 heteroatoms. The summed E-state index contributed by atoms with van der Waals surface area (Å²) in [5, 5.41) is 49.7. The molecule has 2 saturated heterocycles. The molecule has 0 bridgehead atoms. The van der Waals surface area contributed by atoms with E-state index in [9.17, 15) is 63.3 Å². The number of hydrogen-bond acceptors (Lipinski definition) is 15. The van der Waals surface area contributed by atoms with Crippen LogP contribution in [0.5, 0.6) is 0 Å². The standard InChI is InChI=1S/C50H75IN10O13S2/c1-9-26(6)42(49(73)54-33(28(8)62)12-24(2)3)60-46(70)36(16-30-19-52-23-53-30)56-47(71)38-22-76-75-21-27(7)50(74)61-20-31(63)17-39(61)48(72)58-35(15-29-10-11-40(64)32(51)14-29)44(68)57-37(18-41(65)66)45(69)55-34(13-25(4)5)43(67)59-38/h11,14,19,23-27,29,31,33-39,42,63-64H,9-10,12-13,15-18,20-22H2,1-8H3,(H,52,53)(H,54,73)(H,55,69)(H,56,71)(H,57,68)(H,58,72)(H,59,67)(H,60,70)(H,65,66)/t26?,27-,29?,31?,33-,34-,35-,36-,37-,38-,39-,42-/m0/s1. The van der Waals surface area contributed by atoms with Crippen molar-refractivity contribution in [3.63, 3.8) is 0 Å². The van der Waals surface area contributed by atoms with Crippen LogP contribution >= 0.6 is 44.2 Å². The first-order valence-electron chi connectivity index (χ1n) is 25.6. The Bertz CT molecular complexity index is 2320. The van der Waals surface area contributed by atoms with Gasteiger partial charge >= 0.3 is 5.97 Å². The number of aliphatic carboxylic acids is 1. The van der Waals surface area contributed by atoms with Crippen LogP contribution < -0.4 is 37.2 Å². The molecule has 0 aromatic carbocycles. The summed E-state index contributed by atoms with van der Waals surface area (Å²) in [4.78, 5) is 147. The van der Waals surface area contributed by atoms with Gasteiger partial charge in [0.05, 0.1) is 28.5 Å². The predicted octanol–water partition coefficient (Wildman–Crippen LogP) is 1.71. The Kier molecular flexibility index (Phi) is 25.0. The van der Waals surface area contributed by atoms with Gasteiger partial charge in [-0.2, -0.15) is 0 Å². The molecule has 3 heterocycles. The van der Waals surface area contributed by atoms with Gasteiger partial charge in [0.25, 0.3) is 0 Å². The van der Waals surface area contributed by atoms with Crippen molar-refractivity contribution in [2.75, 3.05) is 18.1 Å². The fraction of sp³-hybridized carbons (Fsp3) is 0.660. The third kappa shape index (κ3) is 19.4. The van der Waals surface area contributed by atoms with Gasteiger partial charge in [0, 0.05) is 48.7 Å². The Morgan fingerprint density at radius 1 is 0.855 bits per heavy atom. The molecule has 0 saturated carbocycles. The lowest BCUT2D eigenvalue weighted by Crippen LogP contribution is -2.61. The summed E-state index contributed by atoms with van der Waals surface area (Å²) in [6.45, 7) is 13.7. The van der Waals surface area contributed by atoms with Crippen molar-refractivity contribution in [1.82, 2.24) is 52.1 Å². The van der Waals surface area contributed by atoms with Gasteiger partial charge in [0.1, 0.15) is 48.1 Å². The second-order valence-corrected chi connectivity index (χ2v) is 24.4. The van der Waals surface area contributed by atoms with Crippen molar-refractivity contribution in [1.29, 1.82) is 0 Å². The summed E-state index contributed by atoms with van der Waals surface area (Å²) in [5.41, 5.74) is 0.430. The zero-order valence-electron chi connectivity index (χ0n) is 44.2. The quantitative estimate of drug-likeness (QED) is 0.0694. The number of allylic oxidation sites excluding steroid dienone is 3. The maximum absolute atomic E-state index is 14.6. The fourth-order valence-electron chi connectivity index (χ4n) is 8.81. The second-order valence-electron chi connectivity index (χ2n) is 20.7. The highest BCUT2D eigenvalue weighted by Gasteiger charge is 2.43. The number of carbonyl (C=O) groups is 10. The molecular weight excluding hydrogens is 1140 g/mol. The zero-order chi connectivity index (χ0) is 56.6. The minimum absolute atomic E-state index is 0.0256. The number of nitrogens with zero attached hydrogens (tertiary/aromatic N) is 2. The number of fused-ring (bicyclic) bond motifs is 1. The van der Waals surface area contributed by atoms with Gasteiger partial charge in [-0.05, 0) is 84.9 Å². The van der Waals surface area contributed by atoms with E-state index in [0.717, 1.165) is 10.8 Å². The molecule has 23 nitrogen and oxygen atoms in total. The van der Waals surface area contributed by atoms with Crippen LogP contribution in [0.2, 0.25) is 0 Å². The number of amides is 8. The predicted molar refractivity (Wildman–Crippen MR) is 293 cm³/mol. The topological polar surface area (TPSA) is 348 Å². The largest absolute Gasteiger partial charge is 0.507 e. The molecule has 8 amide bonds. The third-order valence-electron chi connectivity index (χ3n) is 13.2. The van der Waals surface area contributed by atoms with E-state index >= 15 is 0 Å². The highest BCUT2D eigenvalue weighted by molar-refractivity contribution is 14.1. The number of ketones is 1. The van der Waals surface area contributed by atoms with Crippen LogP contribution in [-0.2, 0) is 54.4 Å². The van der Waals surface area contributed by atoms with Crippen LogP contribution in [0.1, 0.15) is 106 Å². The van der Waals surface area contributed by atoms with Gasteiger partial charge in [-0.3, -0.25) is 47.9 Å². The first-order chi connectivity index (χ1) is 35.8. The van der Waals surface area contributed by atoms with E-state index in [4.69, 9.17) is 0 Å². The summed E-state index contributed by atoms with van der Waals surface area (Å²) in [5.74, 6) is -9.92. The number of aliphatic hydroxyl groups is 2. The summed E-state index contributed by atoms with van der Waals surface area (Å²) >= 11 is 1.92. The molecule has 1 aromatic rings. The summed E-state index contributed by atoms with van der Waals surface area (Å²) in [6, 6.07) is -10.6. The molecule has 1 aliphatic carbocycles. The van der Waals surface area contributed by atoms with Gasteiger partial charge in [-0.1, -0.05) is 82.6 Å². The van der Waals surface area contributed by atoms with Crippen LogP contribution in [0.4, 0.5) is 0 Å². The van der Waals surface area contributed by atoms with Gasteiger partial charge in [-0.25, -0.2) is 4.98 Å². The number of carboxylic acids is 1. The number of halogens is 1. The van der Waals surface area contributed by atoms with Gasteiger partial charge in [0.15, 0.2) is 5.78 Å². The minimum atomic E-state index is -1.80. The Labute approximate surface area is 464 Å². The van der Waals surface area contributed by atoms with Crippen LogP contribution in [-0.4, -0.2) is 162 Å². The molecule has 0 spiro atoms. The number of aliphatic hydroxyl groups excluding tert-OH is 2. The Morgan fingerprint density at radius 2 is 1.50 bits per heavy atom. The molecule has 3 unspecified atom stereocenters. The lowest BCUT2D eigenvalue weighted by atomic mass is 9.92. The zero-order valence-corrected chi connectivity index (χ0v) is 48.0. The molecule has 76 heavy (non-hydrogen) atoms. The van der Waals surface area contributed by atoms with E-state index in [-0.39, 0.29) is 73.5 Å². The third-order valence-corrected chi connectivity index (χ3v) is 16.7. The number of imidazole rings is 1. The fourth-order valence-corrected chi connectivity index (χ4v) is 12.1. The van der Waals surface area contributed by atoms with Crippen LogP contribution in [0, 0.1) is 29.6 Å². The highest BCUT2D eigenvalue weighted by Crippen LogP contribution is 2.31. The molecule has 11 N–H and O–H groups in total. The SMILES string of the molecule is CCC(C)[C@H](NC(=O)[C@H](Cc1cnc[nH]1)NC(=O)[C@@H]1CSSC[C@H](C)C(=O)N2CC(O)C[C@H]2C(=O)N[C@@H](CC2C=C(I)C(O)=CC2)C(=O)N[C@@H](CC(=O)O)C(=O)N[C@@H](CC(C)C)C(=O)N1)C(=O)N[C@@H](CC(C)C)C(C)=O. The normalized spacial score (nSPS) is 26.0. The number of carbonyl (C=O) groups excluding carboxylic acids is 9. The first kappa shape index (κ1) is 63.3. The summed E-state index contributed by atoms with van der Waals surface area (Å²) in [6.07, 6.45) is 4.70. The number of carboxylic acid groups (broad SMARTS) is 1. The molecule has 2 fully saturated rings. The maximum atomic E-state index is 14.6. The average Bonchev–Trinajstić information content (AvgIpc) is 4.02. The van der Waals surface area contributed by atoms with E-state index in [1.54, 1.807) is 39.8 Å². The number of rotatable bonds is 19. The summed E-state index contributed by atoms with van der Waals surface area (Å²) < 4.78 is 0.486. The second kappa shape index (κ2) is 30.1.